The minimum Gasteiger partial charge on any atom is -0.370 e. The van der Waals surface area contributed by atoms with Gasteiger partial charge in [-0.1, -0.05) is 0 Å². The number of hydrogen-bond acceptors (Lipinski definition) is 4. The summed E-state index contributed by atoms with van der Waals surface area (Å²) in [5.41, 5.74) is 5.44. The highest BCUT2D eigenvalue weighted by Crippen LogP contribution is 2.18. The van der Waals surface area contributed by atoms with Crippen LogP contribution in [0.5, 0.6) is 0 Å². The van der Waals surface area contributed by atoms with Gasteiger partial charge in [0, 0.05) is 0 Å². The summed E-state index contributed by atoms with van der Waals surface area (Å²) in [6.45, 7) is 4.11. The summed E-state index contributed by atoms with van der Waals surface area (Å²) >= 11 is 1.77. The van der Waals surface area contributed by atoms with Gasteiger partial charge in [0.1, 0.15) is 0 Å². The molecule has 1 aliphatic heterocycles. The van der Waals surface area contributed by atoms with Crippen LogP contribution in [0.15, 0.2) is 4.99 Å². The first-order valence-electron chi connectivity index (χ1n) is 2.94. The fourth-order valence-electron chi connectivity index (χ4n) is 0.801. The van der Waals surface area contributed by atoms with Crippen LogP contribution in [0, 0.1) is 0 Å². The average molecular weight is 145 g/mol. The topological polar surface area (TPSA) is 50.4 Å². The van der Waals surface area contributed by atoms with Crippen LogP contribution in [0.25, 0.3) is 0 Å². The number of aliphatic imine (C=N–C) groups is 1. The van der Waals surface area contributed by atoms with Gasteiger partial charge in [-0.15, -0.1) is 11.8 Å². The largest absolute Gasteiger partial charge is 0.370 e. The van der Waals surface area contributed by atoms with E-state index in [1.807, 2.05) is 6.92 Å². The van der Waals surface area contributed by atoms with Crippen molar-refractivity contribution in [3.63, 3.8) is 0 Å². The van der Waals surface area contributed by atoms with Crippen molar-refractivity contribution < 1.29 is 0 Å². The Morgan fingerprint density at radius 1 is 1.67 bits per heavy atom. The molecule has 1 aliphatic rings. The van der Waals surface area contributed by atoms with Gasteiger partial charge in [0.25, 0.3) is 0 Å². The summed E-state index contributed by atoms with van der Waals surface area (Å²) < 4.78 is 0. The second-order valence-corrected chi connectivity index (χ2v) is 3.70. The molecule has 9 heavy (non-hydrogen) atoms. The highest BCUT2D eigenvalue weighted by Gasteiger charge is 2.13. The summed E-state index contributed by atoms with van der Waals surface area (Å²) in [4.78, 5) is 4.08. The second-order valence-electron chi connectivity index (χ2n) is 2.04. The van der Waals surface area contributed by atoms with Gasteiger partial charge in [0.2, 0.25) is 0 Å². The molecule has 0 aliphatic carbocycles. The van der Waals surface area contributed by atoms with Crippen LogP contribution in [0.2, 0.25) is 0 Å². The fraction of sp³-hybridized carbons (Fsp3) is 0.800. The normalized spacial score (nSPS) is 35.1. The van der Waals surface area contributed by atoms with E-state index in [9.17, 15) is 0 Å². The van der Waals surface area contributed by atoms with Crippen molar-refractivity contribution in [3.8, 4) is 0 Å². The maximum atomic E-state index is 5.44. The lowest BCUT2D eigenvalue weighted by Gasteiger charge is -2.22. The molecule has 1 rings (SSSR count). The van der Waals surface area contributed by atoms with Gasteiger partial charge in [-0.05, 0) is 13.8 Å². The monoisotopic (exact) mass is 145 g/mol. The molecule has 4 heteroatoms. The number of guanidine groups is 1. The van der Waals surface area contributed by atoms with Gasteiger partial charge in [0.05, 0.1) is 10.7 Å². The van der Waals surface area contributed by atoms with Crippen molar-refractivity contribution in [2.45, 2.75) is 24.6 Å². The van der Waals surface area contributed by atoms with E-state index in [-0.39, 0.29) is 0 Å². The molecule has 3 nitrogen and oxygen atoms in total. The predicted molar refractivity (Wildman–Crippen MR) is 41.3 cm³/mol. The molecule has 3 N–H and O–H groups in total. The number of nitrogens with zero attached hydrogens (tertiary/aromatic N) is 1. The van der Waals surface area contributed by atoms with E-state index in [4.69, 9.17) is 5.73 Å². The van der Waals surface area contributed by atoms with Gasteiger partial charge < -0.3 is 11.1 Å². The van der Waals surface area contributed by atoms with Gasteiger partial charge in [0.15, 0.2) is 5.96 Å². The summed E-state index contributed by atoms with van der Waals surface area (Å²) in [7, 11) is 0. The molecular formula is C5H11N3S. The Kier molecular flexibility index (Phi) is 1.85. The molecule has 0 aromatic heterocycles. The lowest BCUT2D eigenvalue weighted by Crippen LogP contribution is -2.41. The molecule has 0 radical (unpaired) electrons. The Labute approximate surface area is 59.1 Å². The molecule has 2 unspecified atom stereocenters. The molecule has 2 atom stereocenters. The van der Waals surface area contributed by atoms with Crippen LogP contribution in [0.1, 0.15) is 13.8 Å². The smallest absolute Gasteiger partial charge is 0.190 e. The maximum absolute atomic E-state index is 5.44. The van der Waals surface area contributed by atoms with E-state index in [2.05, 4.69) is 17.2 Å². The zero-order valence-electron chi connectivity index (χ0n) is 5.59. The third kappa shape index (κ3) is 1.78. The number of rotatable bonds is 0. The summed E-state index contributed by atoms with van der Waals surface area (Å²) in [5, 5.41) is 3.71. The Morgan fingerprint density at radius 3 is 2.78 bits per heavy atom. The molecule has 0 amide bonds. The Balaban J connectivity index is 2.56. The molecule has 0 saturated carbocycles. The summed E-state index contributed by atoms with van der Waals surface area (Å²) in [5.74, 6) is 0.564. The van der Waals surface area contributed by atoms with Crippen molar-refractivity contribution in [2.24, 2.45) is 10.7 Å². The zero-order chi connectivity index (χ0) is 6.85. The quantitative estimate of drug-likeness (QED) is 0.516. The zero-order valence-corrected chi connectivity index (χ0v) is 6.40. The van der Waals surface area contributed by atoms with Crippen molar-refractivity contribution in [3.05, 3.63) is 0 Å². The van der Waals surface area contributed by atoms with Crippen molar-refractivity contribution in [2.75, 3.05) is 0 Å². The number of nitrogens with two attached hydrogens (primary N) is 1. The van der Waals surface area contributed by atoms with E-state index in [0.29, 0.717) is 16.7 Å². The molecule has 52 valence electrons. The van der Waals surface area contributed by atoms with E-state index in [1.54, 1.807) is 11.8 Å². The fourth-order valence-corrected chi connectivity index (χ4v) is 1.76. The highest BCUT2D eigenvalue weighted by molar-refractivity contribution is 8.00. The minimum absolute atomic E-state index is 0.307. The van der Waals surface area contributed by atoms with Crippen LogP contribution in [-0.2, 0) is 0 Å². The lowest BCUT2D eigenvalue weighted by atomic mass is 10.7. The van der Waals surface area contributed by atoms with Gasteiger partial charge in [-0.3, -0.25) is 0 Å². The van der Waals surface area contributed by atoms with Crippen LogP contribution < -0.4 is 11.1 Å². The Morgan fingerprint density at radius 2 is 2.33 bits per heavy atom. The lowest BCUT2D eigenvalue weighted by molar-refractivity contribution is 0.832. The SMILES string of the molecule is CC1N=C(N)NC(C)S1. The minimum atomic E-state index is 0.307. The van der Waals surface area contributed by atoms with Crippen LogP contribution in [0.4, 0.5) is 0 Å². The van der Waals surface area contributed by atoms with Crippen LogP contribution >= 0.6 is 11.8 Å². The maximum Gasteiger partial charge on any atom is 0.190 e. The first kappa shape index (κ1) is 6.74. The number of thioether (sulfide) groups is 1. The van der Waals surface area contributed by atoms with Gasteiger partial charge in [-0.25, -0.2) is 4.99 Å². The second kappa shape index (κ2) is 2.47. The van der Waals surface area contributed by atoms with Crippen LogP contribution in [-0.4, -0.2) is 16.7 Å². The van der Waals surface area contributed by atoms with Crippen molar-refractivity contribution in [1.82, 2.24) is 5.32 Å². The highest BCUT2D eigenvalue weighted by atomic mass is 32.2. The molecule has 0 aromatic rings. The van der Waals surface area contributed by atoms with E-state index >= 15 is 0 Å². The number of nitrogens with one attached hydrogen (secondary N) is 1. The Hall–Kier alpha value is -0.380. The number of hydrogen-bond donors (Lipinski definition) is 2. The van der Waals surface area contributed by atoms with E-state index < -0.39 is 0 Å². The van der Waals surface area contributed by atoms with Gasteiger partial charge >= 0.3 is 0 Å². The van der Waals surface area contributed by atoms with E-state index in [0.717, 1.165) is 0 Å². The molecule has 0 spiro atoms. The molecule has 0 bridgehead atoms. The molecular weight excluding hydrogens is 134 g/mol. The average Bonchev–Trinajstić information content (AvgIpc) is 1.59. The third-order valence-electron chi connectivity index (χ3n) is 1.07. The summed E-state index contributed by atoms with van der Waals surface area (Å²) in [6, 6.07) is 0. The van der Waals surface area contributed by atoms with Crippen molar-refractivity contribution >= 4 is 17.7 Å². The first-order valence-corrected chi connectivity index (χ1v) is 3.88. The van der Waals surface area contributed by atoms with Gasteiger partial charge in [-0.2, -0.15) is 0 Å². The molecule has 0 fully saturated rings. The third-order valence-corrected chi connectivity index (χ3v) is 2.10. The van der Waals surface area contributed by atoms with Crippen LogP contribution in [0.3, 0.4) is 0 Å². The van der Waals surface area contributed by atoms with E-state index in [1.165, 1.54) is 0 Å². The Bertz CT molecular complexity index is 134. The van der Waals surface area contributed by atoms with Crippen molar-refractivity contribution in [1.29, 1.82) is 0 Å². The summed E-state index contributed by atoms with van der Waals surface area (Å²) in [6.07, 6.45) is 0. The molecule has 0 saturated heterocycles. The molecule has 1 heterocycles. The first-order chi connectivity index (χ1) is 4.18. The standard InChI is InChI=1S/C5H11N3S/c1-3-7-5(6)8-4(2)9-3/h3-4H,1-2H3,(H3,6,7,8). The predicted octanol–water partition coefficient (Wildman–Crippen LogP) is 0.330. The molecule has 0 aromatic carbocycles.